The Hall–Kier alpha value is -2.83. The van der Waals surface area contributed by atoms with E-state index in [2.05, 4.69) is 4.99 Å². The fraction of sp³-hybridized carbons (Fsp3) is 0.222. The normalized spacial score (nSPS) is 19.6. The predicted octanol–water partition coefficient (Wildman–Crippen LogP) is 3.90. The van der Waals surface area contributed by atoms with Gasteiger partial charge in [0.2, 0.25) is 0 Å². The Morgan fingerprint density at radius 1 is 1.24 bits per heavy atom. The Bertz CT molecular complexity index is 792. The van der Waals surface area contributed by atoms with Crippen molar-refractivity contribution in [2.45, 2.75) is 19.1 Å². The van der Waals surface area contributed by atoms with Crippen LogP contribution in [0.15, 0.2) is 71.0 Å². The number of amidine groups is 1. The Morgan fingerprint density at radius 2 is 1.96 bits per heavy atom. The van der Waals surface area contributed by atoms with E-state index in [1.807, 2.05) is 0 Å². The van der Waals surface area contributed by atoms with Crippen molar-refractivity contribution >= 4 is 11.8 Å². The second-order valence-electron chi connectivity index (χ2n) is 5.37. The smallest absolute Gasteiger partial charge is 0.434 e. The molecule has 130 valence electrons. The number of halogens is 3. The van der Waals surface area contributed by atoms with Gasteiger partial charge in [0.25, 0.3) is 0 Å². The minimum atomic E-state index is -4.77. The summed E-state index contributed by atoms with van der Waals surface area (Å²) in [5.41, 5.74) is -1.19. The number of hydrogen-bond donors (Lipinski definition) is 0. The molecular formula is C18H15F3N2O2. The standard InChI is InChI=1S/C18H15F3N2O2/c1-2-25-17(24)14-15(12-8-4-3-5-9-12)23-11-7-6-10-13(23)22-16(14)18(19,20)21/h3-11,15H,2H2,1H3. The Morgan fingerprint density at radius 3 is 2.60 bits per heavy atom. The van der Waals surface area contributed by atoms with E-state index in [9.17, 15) is 18.0 Å². The lowest BCUT2D eigenvalue weighted by molar-refractivity contribution is -0.140. The molecule has 0 aliphatic carbocycles. The van der Waals surface area contributed by atoms with Crippen LogP contribution in [0, 0.1) is 0 Å². The number of alkyl halides is 3. The van der Waals surface area contributed by atoms with Gasteiger partial charge in [-0.1, -0.05) is 36.4 Å². The summed E-state index contributed by atoms with van der Waals surface area (Å²) < 4.78 is 45.7. The van der Waals surface area contributed by atoms with Gasteiger partial charge in [0.05, 0.1) is 18.2 Å². The maximum atomic E-state index is 13.6. The molecule has 1 unspecified atom stereocenters. The SMILES string of the molecule is CCOC(=O)C1=C(C(F)(F)F)N=C2C=CC=CN2C1c1ccccc1. The number of allylic oxidation sites excluding steroid dienone is 3. The third-order valence-electron chi connectivity index (χ3n) is 3.78. The van der Waals surface area contributed by atoms with Gasteiger partial charge in [-0.05, 0) is 24.6 Å². The van der Waals surface area contributed by atoms with Gasteiger partial charge < -0.3 is 9.64 Å². The van der Waals surface area contributed by atoms with Gasteiger partial charge in [0.15, 0.2) is 5.70 Å². The molecular weight excluding hydrogens is 333 g/mol. The minimum Gasteiger partial charge on any atom is -0.463 e. The summed E-state index contributed by atoms with van der Waals surface area (Å²) in [7, 11) is 0. The van der Waals surface area contributed by atoms with Gasteiger partial charge >= 0.3 is 12.1 Å². The summed E-state index contributed by atoms with van der Waals surface area (Å²) in [5, 5.41) is 0. The van der Waals surface area contributed by atoms with Crippen LogP contribution in [0.3, 0.4) is 0 Å². The zero-order valence-corrected chi connectivity index (χ0v) is 13.3. The van der Waals surface area contributed by atoms with Crippen molar-refractivity contribution in [1.29, 1.82) is 0 Å². The first-order chi connectivity index (χ1) is 11.9. The number of carbonyl (C=O) groups excluding carboxylic acids is 1. The van der Waals surface area contributed by atoms with Crippen LogP contribution in [0.4, 0.5) is 13.2 Å². The molecule has 25 heavy (non-hydrogen) atoms. The first-order valence-corrected chi connectivity index (χ1v) is 7.68. The van der Waals surface area contributed by atoms with Crippen LogP contribution in [0.2, 0.25) is 0 Å². The van der Waals surface area contributed by atoms with Gasteiger partial charge in [0, 0.05) is 6.20 Å². The lowest BCUT2D eigenvalue weighted by atomic mass is 9.93. The maximum absolute atomic E-state index is 13.6. The summed E-state index contributed by atoms with van der Waals surface area (Å²) in [4.78, 5) is 17.6. The zero-order valence-electron chi connectivity index (χ0n) is 13.3. The molecule has 0 aromatic heterocycles. The van der Waals surface area contributed by atoms with Crippen molar-refractivity contribution in [3.8, 4) is 0 Å². The van der Waals surface area contributed by atoms with Crippen molar-refractivity contribution in [3.05, 3.63) is 71.6 Å². The van der Waals surface area contributed by atoms with Crippen LogP contribution < -0.4 is 0 Å². The first-order valence-electron chi connectivity index (χ1n) is 7.68. The summed E-state index contributed by atoms with van der Waals surface area (Å²) in [6.45, 7) is 1.52. The third kappa shape index (κ3) is 3.22. The summed E-state index contributed by atoms with van der Waals surface area (Å²) >= 11 is 0. The lowest BCUT2D eigenvalue weighted by Crippen LogP contribution is -2.39. The van der Waals surface area contributed by atoms with Crippen LogP contribution in [0.1, 0.15) is 18.5 Å². The molecule has 0 N–H and O–H groups in total. The lowest BCUT2D eigenvalue weighted by Gasteiger charge is -2.37. The quantitative estimate of drug-likeness (QED) is 0.778. The fourth-order valence-corrected chi connectivity index (χ4v) is 2.80. The topological polar surface area (TPSA) is 41.9 Å². The summed E-state index contributed by atoms with van der Waals surface area (Å²) in [6.07, 6.45) is 1.58. The minimum absolute atomic E-state index is 0.0265. The molecule has 2 aliphatic heterocycles. The molecule has 0 saturated carbocycles. The molecule has 1 atom stereocenters. The van der Waals surface area contributed by atoms with E-state index in [1.54, 1.807) is 55.6 Å². The molecule has 1 aromatic rings. The molecule has 2 heterocycles. The van der Waals surface area contributed by atoms with Crippen LogP contribution >= 0.6 is 0 Å². The highest BCUT2D eigenvalue weighted by molar-refractivity contribution is 6.01. The molecule has 7 heteroatoms. The first kappa shape index (κ1) is 17.0. The molecule has 0 spiro atoms. The number of hydrogen-bond acceptors (Lipinski definition) is 4. The van der Waals surface area contributed by atoms with Crippen LogP contribution in [0.5, 0.6) is 0 Å². The number of rotatable bonds is 3. The van der Waals surface area contributed by atoms with Gasteiger partial charge in [0.1, 0.15) is 5.84 Å². The van der Waals surface area contributed by atoms with Crippen molar-refractivity contribution in [3.63, 3.8) is 0 Å². The second-order valence-corrected chi connectivity index (χ2v) is 5.37. The van der Waals surface area contributed by atoms with E-state index in [0.29, 0.717) is 5.56 Å². The summed E-state index contributed by atoms with van der Waals surface area (Å²) in [5.74, 6) is -0.897. The van der Waals surface area contributed by atoms with E-state index in [4.69, 9.17) is 4.74 Å². The van der Waals surface area contributed by atoms with Crippen molar-refractivity contribution < 1.29 is 22.7 Å². The number of benzene rings is 1. The van der Waals surface area contributed by atoms with E-state index in [1.165, 1.54) is 11.0 Å². The molecule has 0 saturated heterocycles. The molecule has 0 fully saturated rings. The number of esters is 1. The predicted molar refractivity (Wildman–Crippen MR) is 86.5 cm³/mol. The average Bonchev–Trinajstić information content (AvgIpc) is 2.60. The third-order valence-corrected chi connectivity index (χ3v) is 3.78. The summed E-state index contributed by atoms with van der Waals surface area (Å²) in [6, 6.07) is 7.55. The molecule has 0 bridgehead atoms. The Balaban J connectivity index is 2.25. The number of nitrogens with zero attached hydrogens (tertiary/aromatic N) is 2. The fourth-order valence-electron chi connectivity index (χ4n) is 2.80. The second kappa shape index (κ2) is 6.58. The largest absolute Gasteiger partial charge is 0.463 e. The molecule has 0 radical (unpaired) electrons. The highest BCUT2D eigenvalue weighted by Gasteiger charge is 2.46. The number of carbonyl (C=O) groups is 1. The molecule has 3 rings (SSSR count). The van der Waals surface area contributed by atoms with E-state index >= 15 is 0 Å². The van der Waals surface area contributed by atoms with Crippen LogP contribution in [0.25, 0.3) is 0 Å². The highest BCUT2D eigenvalue weighted by Crippen LogP contribution is 2.42. The Labute approximate surface area is 142 Å². The maximum Gasteiger partial charge on any atom is 0.434 e. The van der Waals surface area contributed by atoms with Crippen LogP contribution in [-0.4, -0.2) is 29.5 Å². The van der Waals surface area contributed by atoms with E-state index < -0.39 is 29.5 Å². The Kier molecular flexibility index (Phi) is 4.48. The van der Waals surface area contributed by atoms with Gasteiger partial charge in [-0.15, -0.1) is 0 Å². The van der Waals surface area contributed by atoms with Gasteiger partial charge in [-0.3, -0.25) is 0 Å². The molecule has 4 nitrogen and oxygen atoms in total. The molecule has 0 amide bonds. The van der Waals surface area contributed by atoms with Crippen LogP contribution in [-0.2, 0) is 9.53 Å². The van der Waals surface area contributed by atoms with Crippen molar-refractivity contribution in [2.75, 3.05) is 6.61 Å². The number of ether oxygens (including phenoxy) is 1. The van der Waals surface area contributed by atoms with E-state index in [-0.39, 0.29) is 12.4 Å². The average molecular weight is 348 g/mol. The van der Waals surface area contributed by atoms with E-state index in [0.717, 1.165) is 0 Å². The number of aliphatic imine (C=N–C) groups is 1. The van der Waals surface area contributed by atoms with Crippen molar-refractivity contribution in [1.82, 2.24) is 4.90 Å². The zero-order chi connectivity index (χ0) is 18.0. The van der Waals surface area contributed by atoms with Crippen molar-refractivity contribution in [2.24, 2.45) is 4.99 Å². The molecule has 2 aliphatic rings. The molecule has 1 aromatic carbocycles. The monoisotopic (exact) mass is 348 g/mol. The highest BCUT2D eigenvalue weighted by atomic mass is 19.4. The van der Waals surface area contributed by atoms with Gasteiger partial charge in [-0.2, -0.15) is 13.2 Å². The van der Waals surface area contributed by atoms with Gasteiger partial charge in [-0.25, -0.2) is 9.79 Å². The number of fused-ring (bicyclic) bond motifs is 1.